The molecule has 0 unspecified atom stereocenters. The number of carbonyl (C=O) groups is 1. The molecule has 2 aromatic carbocycles. The molecule has 1 aliphatic heterocycles. The number of nitrogen functional groups attached to an aromatic ring is 1. The van der Waals surface area contributed by atoms with E-state index in [1.165, 1.54) is 5.56 Å². The van der Waals surface area contributed by atoms with Crippen LogP contribution >= 0.6 is 38.5 Å². The number of anilines is 2. The lowest BCUT2D eigenvalue weighted by molar-refractivity contribution is 0.0988. The van der Waals surface area contributed by atoms with Gasteiger partial charge in [0.15, 0.2) is 0 Å². The molecule has 0 spiro atoms. The number of nitrogens with zero attached hydrogens (tertiary/aromatic N) is 1. The predicted molar refractivity (Wildman–Crippen MR) is 97.8 cm³/mol. The van der Waals surface area contributed by atoms with Crippen molar-refractivity contribution in [3.8, 4) is 0 Å². The van der Waals surface area contributed by atoms with Crippen molar-refractivity contribution < 1.29 is 4.79 Å². The third kappa shape index (κ3) is 2.68. The van der Waals surface area contributed by atoms with Gasteiger partial charge in [-0.3, -0.25) is 4.79 Å². The monoisotopic (exact) mass is 456 g/mol. The van der Waals surface area contributed by atoms with Gasteiger partial charge in [-0.15, -0.1) is 0 Å². The first-order valence-electron chi connectivity index (χ1n) is 6.63. The third-order valence-electron chi connectivity index (χ3n) is 3.77. The van der Waals surface area contributed by atoms with Crippen molar-refractivity contribution in [2.75, 3.05) is 17.2 Å². The number of carbonyl (C=O) groups excluding carboxylic acids is 1. The largest absolute Gasteiger partial charge is 0.398 e. The number of aryl methyl sites for hydroxylation is 1. The molecule has 3 rings (SSSR count). The van der Waals surface area contributed by atoms with E-state index in [2.05, 4.69) is 44.6 Å². The molecule has 2 aromatic rings. The fraction of sp³-hybridized carbons (Fsp3) is 0.188. The molecule has 0 aromatic heterocycles. The van der Waals surface area contributed by atoms with Crippen LogP contribution in [0.4, 0.5) is 11.4 Å². The first kappa shape index (κ1) is 14.8. The van der Waals surface area contributed by atoms with Crippen molar-refractivity contribution in [2.45, 2.75) is 13.3 Å². The Morgan fingerprint density at radius 2 is 2.10 bits per heavy atom. The van der Waals surface area contributed by atoms with Gasteiger partial charge < -0.3 is 10.6 Å². The molecule has 21 heavy (non-hydrogen) atoms. The summed E-state index contributed by atoms with van der Waals surface area (Å²) in [6.45, 7) is 2.70. The summed E-state index contributed by atoms with van der Waals surface area (Å²) in [5.74, 6) is 0.0161. The van der Waals surface area contributed by atoms with Gasteiger partial charge in [-0.1, -0.05) is 6.07 Å². The highest BCUT2D eigenvalue weighted by molar-refractivity contribution is 14.1. The van der Waals surface area contributed by atoms with Crippen molar-refractivity contribution in [1.82, 2.24) is 0 Å². The van der Waals surface area contributed by atoms with Gasteiger partial charge >= 0.3 is 0 Å². The van der Waals surface area contributed by atoms with Crippen LogP contribution in [-0.2, 0) is 6.42 Å². The van der Waals surface area contributed by atoms with Gasteiger partial charge in [0, 0.05) is 26.0 Å². The zero-order chi connectivity index (χ0) is 15.1. The molecule has 2 N–H and O–H groups in total. The maximum absolute atomic E-state index is 12.8. The van der Waals surface area contributed by atoms with Gasteiger partial charge in [0.05, 0.1) is 5.56 Å². The number of rotatable bonds is 1. The number of hydrogen-bond acceptors (Lipinski definition) is 2. The molecule has 0 saturated heterocycles. The molecule has 0 bridgehead atoms. The average Bonchev–Trinajstić information content (AvgIpc) is 2.84. The lowest BCUT2D eigenvalue weighted by Gasteiger charge is -2.19. The van der Waals surface area contributed by atoms with Crippen LogP contribution < -0.4 is 10.6 Å². The number of hydrogen-bond donors (Lipinski definition) is 1. The highest BCUT2D eigenvalue weighted by Gasteiger charge is 2.27. The second-order valence-electron chi connectivity index (χ2n) is 5.17. The Bertz CT molecular complexity index is 745. The first-order valence-corrected chi connectivity index (χ1v) is 8.50. The Morgan fingerprint density at radius 1 is 1.33 bits per heavy atom. The minimum absolute atomic E-state index is 0.0161. The van der Waals surface area contributed by atoms with Gasteiger partial charge in [0.25, 0.3) is 5.91 Å². The van der Waals surface area contributed by atoms with Gasteiger partial charge in [0.1, 0.15) is 0 Å². The molecule has 1 amide bonds. The minimum atomic E-state index is 0.0161. The fourth-order valence-electron chi connectivity index (χ4n) is 2.59. The van der Waals surface area contributed by atoms with Crippen LogP contribution in [0.1, 0.15) is 21.5 Å². The van der Waals surface area contributed by atoms with E-state index >= 15 is 0 Å². The van der Waals surface area contributed by atoms with E-state index < -0.39 is 0 Å². The van der Waals surface area contributed by atoms with Crippen molar-refractivity contribution in [3.63, 3.8) is 0 Å². The van der Waals surface area contributed by atoms with Gasteiger partial charge in [-0.2, -0.15) is 0 Å². The van der Waals surface area contributed by atoms with Crippen molar-refractivity contribution in [2.24, 2.45) is 0 Å². The van der Waals surface area contributed by atoms with Crippen molar-refractivity contribution >= 4 is 55.8 Å². The van der Waals surface area contributed by atoms with Crippen LogP contribution in [0.3, 0.4) is 0 Å². The SMILES string of the molecule is Cc1cc2c(cc1N)N(C(=O)c1cc(I)ccc1Br)CC2. The number of amides is 1. The summed E-state index contributed by atoms with van der Waals surface area (Å²) >= 11 is 5.69. The average molecular weight is 457 g/mol. The zero-order valence-corrected chi connectivity index (χ0v) is 15.2. The van der Waals surface area contributed by atoms with Crippen LogP contribution in [0.2, 0.25) is 0 Å². The van der Waals surface area contributed by atoms with E-state index in [9.17, 15) is 4.79 Å². The molecule has 1 heterocycles. The smallest absolute Gasteiger partial charge is 0.259 e. The molecule has 108 valence electrons. The second-order valence-corrected chi connectivity index (χ2v) is 7.27. The highest BCUT2D eigenvalue weighted by Crippen LogP contribution is 2.34. The Labute approximate surface area is 145 Å². The summed E-state index contributed by atoms with van der Waals surface area (Å²) in [6, 6.07) is 9.79. The molecule has 0 atom stereocenters. The maximum atomic E-state index is 12.8. The summed E-state index contributed by atoms with van der Waals surface area (Å²) in [5.41, 5.74) is 10.6. The lowest BCUT2D eigenvalue weighted by Crippen LogP contribution is -2.29. The summed E-state index contributed by atoms with van der Waals surface area (Å²) in [6.07, 6.45) is 0.879. The Kier molecular flexibility index (Phi) is 3.96. The van der Waals surface area contributed by atoms with Crippen LogP contribution in [0.25, 0.3) is 0 Å². The summed E-state index contributed by atoms with van der Waals surface area (Å²) in [5, 5.41) is 0. The van der Waals surface area contributed by atoms with E-state index in [0.29, 0.717) is 12.1 Å². The topological polar surface area (TPSA) is 46.3 Å². The van der Waals surface area contributed by atoms with Crippen molar-refractivity contribution in [1.29, 1.82) is 0 Å². The Balaban J connectivity index is 2.02. The second kappa shape index (κ2) is 5.61. The van der Waals surface area contributed by atoms with E-state index in [0.717, 1.165) is 31.4 Å². The van der Waals surface area contributed by atoms with E-state index in [1.54, 1.807) is 0 Å². The van der Waals surface area contributed by atoms with Gasteiger partial charge in [0.2, 0.25) is 0 Å². The van der Waals surface area contributed by atoms with E-state index in [1.807, 2.05) is 36.1 Å². The number of halogens is 2. The van der Waals surface area contributed by atoms with Gasteiger partial charge in [-0.25, -0.2) is 0 Å². The molecular weight excluding hydrogens is 443 g/mol. The van der Waals surface area contributed by atoms with Crippen LogP contribution in [0, 0.1) is 10.5 Å². The third-order valence-corrected chi connectivity index (χ3v) is 5.13. The Morgan fingerprint density at radius 3 is 2.86 bits per heavy atom. The highest BCUT2D eigenvalue weighted by atomic mass is 127. The first-order chi connectivity index (χ1) is 9.97. The minimum Gasteiger partial charge on any atom is -0.398 e. The molecule has 5 heteroatoms. The molecule has 0 aliphatic carbocycles. The standard InChI is InChI=1S/C16H14BrIN2O/c1-9-6-10-4-5-20(15(10)8-14(9)19)16(21)12-7-11(18)2-3-13(12)17/h2-3,6-8H,4-5,19H2,1H3. The summed E-state index contributed by atoms with van der Waals surface area (Å²) in [7, 11) is 0. The fourth-order valence-corrected chi connectivity index (χ4v) is 3.50. The van der Waals surface area contributed by atoms with E-state index in [-0.39, 0.29) is 5.91 Å². The lowest BCUT2D eigenvalue weighted by atomic mass is 10.1. The summed E-state index contributed by atoms with van der Waals surface area (Å²) < 4.78 is 1.86. The number of nitrogens with two attached hydrogens (primary N) is 1. The predicted octanol–water partition coefficient (Wildman–Crippen LogP) is 4.15. The Hall–Kier alpha value is -1.08. The normalized spacial score (nSPS) is 13.4. The number of benzene rings is 2. The van der Waals surface area contributed by atoms with E-state index in [4.69, 9.17) is 5.73 Å². The molecule has 1 aliphatic rings. The summed E-state index contributed by atoms with van der Waals surface area (Å²) in [4.78, 5) is 14.7. The molecular formula is C16H14BrIN2O. The molecule has 0 fully saturated rings. The molecule has 3 nitrogen and oxygen atoms in total. The van der Waals surface area contributed by atoms with Crippen LogP contribution in [0.15, 0.2) is 34.8 Å². The molecule has 0 radical (unpaired) electrons. The maximum Gasteiger partial charge on any atom is 0.259 e. The van der Waals surface area contributed by atoms with Crippen LogP contribution in [0.5, 0.6) is 0 Å². The quantitative estimate of drug-likeness (QED) is 0.517. The van der Waals surface area contributed by atoms with Gasteiger partial charge in [-0.05, 0) is 87.3 Å². The number of fused-ring (bicyclic) bond motifs is 1. The zero-order valence-electron chi connectivity index (χ0n) is 11.5. The molecule has 0 saturated carbocycles. The van der Waals surface area contributed by atoms with Crippen LogP contribution in [-0.4, -0.2) is 12.5 Å². The van der Waals surface area contributed by atoms with Crippen molar-refractivity contribution in [3.05, 3.63) is 55.1 Å².